The highest BCUT2D eigenvalue weighted by molar-refractivity contribution is 5.84. The highest BCUT2D eigenvalue weighted by atomic mass is 16.6. The Hall–Kier alpha value is -2.04. The second kappa shape index (κ2) is 9.44. The summed E-state index contributed by atoms with van der Waals surface area (Å²) in [4.78, 5) is 26.5. The molecule has 5 heteroatoms. The highest BCUT2D eigenvalue weighted by Gasteiger charge is 2.29. The van der Waals surface area contributed by atoms with E-state index < -0.39 is 18.2 Å². The number of esters is 1. The van der Waals surface area contributed by atoms with Gasteiger partial charge in [-0.15, -0.1) is 0 Å². The van der Waals surface area contributed by atoms with Crippen molar-refractivity contribution in [1.29, 1.82) is 0 Å². The number of aryl methyl sites for hydroxylation is 1. The molecule has 1 aromatic carbocycles. The van der Waals surface area contributed by atoms with Gasteiger partial charge < -0.3 is 14.4 Å². The van der Waals surface area contributed by atoms with E-state index in [1.54, 1.807) is 11.8 Å². The predicted molar refractivity (Wildman–Crippen MR) is 96.5 cm³/mol. The molecule has 1 aromatic rings. The van der Waals surface area contributed by atoms with E-state index in [9.17, 15) is 9.59 Å². The first-order chi connectivity index (χ1) is 12.1. The van der Waals surface area contributed by atoms with Crippen LogP contribution in [0, 0.1) is 0 Å². The topological polar surface area (TPSA) is 55.8 Å². The van der Waals surface area contributed by atoms with Gasteiger partial charge in [0.15, 0.2) is 12.2 Å². The summed E-state index contributed by atoms with van der Waals surface area (Å²) in [5.41, 5.74) is 1.08. The molecule has 1 amide bonds. The van der Waals surface area contributed by atoms with Crippen molar-refractivity contribution in [3.63, 3.8) is 0 Å². The smallest absolute Gasteiger partial charge is 0.348 e. The molecule has 0 N–H and O–H groups in total. The molecule has 1 aliphatic rings. The van der Waals surface area contributed by atoms with Crippen LogP contribution in [0.3, 0.4) is 0 Å². The zero-order valence-corrected chi connectivity index (χ0v) is 15.5. The van der Waals surface area contributed by atoms with Crippen LogP contribution in [0.4, 0.5) is 0 Å². The molecule has 0 aromatic heterocycles. The Morgan fingerprint density at radius 1 is 1.16 bits per heavy atom. The molecule has 25 heavy (non-hydrogen) atoms. The van der Waals surface area contributed by atoms with Gasteiger partial charge in [0.1, 0.15) is 5.75 Å². The number of rotatable bonds is 8. The highest BCUT2D eigenvalue weighted by Crippen LogP contribution is 2.22. The molecular weight excluding hydrogens is 318 g/mol. The summed E-state index contributed by atoms with van der Waals surface area (Å²) in [5, 5.41) is 0. The molecule has 0 bridgehead atoms. The second-order valence-electron chi connectivity index (χ2n) is 6.48. The molecule has 0 spiro atoms. The summed E-state index contributed by atoms with van der Waals surface area (Å²) in [7, 11) is 0. The lowest BCUT2D eigenvalue weighted by Crippen LogP contribution is -2.40. The van der Waals surface area contributed by atoms with E-state index in [4.69, 9.17) is 9.47 Å². The van der Waals surface area contributed by atoms with Crippen molar-refractivity contribution < 1.29 is 19.1 Å². The predicted octanol–water partition coefficient (Wildman–Crippen LogP) is 3.35. The average Bonchev–Trinajstić information content (AvgIpc) is 3.14. The van der Waals surface area contributed by atoms with Crippen LogP contribution in [0.5, 0.6) is 5.75 Å². The van der Waals surface area contributed by atoms with E-state index in [2.05, 4.69) is 6.92 Å². The molecule has 5 nitrogen and oxygen atoms in total. The van der Waals surface area contributed by atoms with Gasteiger partial charge in [-0.3, -0.25) is 4.79 Å². The number of likely N-dealkylation sites (tertiary alicyclic amines) is 1. The standard InChI is InChI=1S/C20H29NO4/c1-4-10-16-11-6-7-12-18(16)25-17(5-2)20(23)24-15(3)19(22)21-13-8-9-14-21/h6-7,11-12,15,17H,4-5,8-10,13-14H2,1-3H3/t15-,17+/m0/s1. The molecular formula is C20H29NO4. The van der Waals surface area contributed by atoms with Gasteiger partial charge in [-0.2, -0.15) is 0 Å². The van der Waals surface area contributed by atoms with E-state index in [0.717, 1.165) is 44.3 Å². The maximum atomic E-state index is 12.5. The Morgan fingerprint density at radius 3 is 2.48 bits per heavy atom. The van der Waals surface area contributed by atoms with Crippen LogP contribution in [-0.2, 0) is 20.7 Å². The number of hydrogen-bond donors (Lipinski definition) is 0. The van der Waals surface area contributed by atoms with Crippen LogP contribution < -0.4 is 4.74 Å². The van der Waals surface area contributed by atoms with Crippen LogP contribution in [0.15, 0.2) is 24.3 Å². The maximum absolute atomic E-state index is 12.5. The van der Waals surface area contributed by atoms with Crippen LogP contribution in [-0.4, -0.2) is 42.1 Å². The summed E-state index contributed by atoms with van der Waals surface area (Å²) in [6.07, 6.45) is 2.95. The molecule has 0 saturated carbocycles. The van der Waals surface area contributed by atoms with Crippen molar-refractivity contribution in [2.24, 2.45) is 0 Å². The van der Waals surface area contributed by atoms with Gasteiger partial charge in [0, 0.05) is 13.1 Å². The third-order valence-electron chi connectivity index (χ3n) is 4.45. The SMILES string of the molecule is CCCc1ccccc1O[C@H](CC)C(=O)O[C@@H](C)C(=O)N1CCCC1. The van der Waals surface area contributed by atoms with Crippen molar-refractivity contribution in [2.45, 2.75) is 65.1 Å². The minimum Gasteiger partial charge on any atom is -0.478 e. The lowest BCUT2D eigenvalue weighted by molar-refractivity contribution is -0.164. The number of ether oxygens (including phenoxy) is 2. The molecule has 0 aliphatic carbocycles. The molecule has 1 saturated heterocycles. The minimum absolute atomic E-state index is 0.118. The van der Waals surface area contributed by atoms with Crippen molar-refractivity contribution >= 4 is 11.9 Å². The van der Waals surface area contributed by atoms with E-state index in [0.29, 0.717) is 12.2 Å². The van der Waals surface area contributed by atoms with Crippen molar-refractivity contribution in [3.8, 4) is 5.75 Å². The minimum atomic E-state index is -0.769. The van der Waals surface area contributed by atoms with Gasteiger partial charge in [0.05, 0.1) is 0 Å². The van der Waals surface area contributed by atoms with Gasteiger partial charge in [-0.25, -0.2) is 4.79 Å². The van der Waals surface area contributed by atoms with E-state index in [1.807, 2.05) is 31.2 Å². The first-order valence-corrected chi connectivity index (χ1v) is 9.30. The Balaban J connectivity index is 1.97. The summed E-state index contributed by atoms with van der Waals surface area (Å²) in [6, 6.07) is 7.75. The lowest BCUT2D eigenvalue weighted by atomic mass is 10.1. The zero-order chi connectivity index (χ0) is 18.2. The molecule has 0 radical (unpaired) electrons. The van der Waals surface area contributed by atoms with Gasteiger partial charge in [0.25, 0.3) is 5.91 Å². The summed E-state index contributed by atoms with van der Waals surface area (Å²) in [5.74, 6) is 0.118. The molecule has 138 valence electrons. The Labute approximate surface area is 150 Å². The number of hydrogen-bond acceptors (Lipinski definition) is 4. The monoisotopic (exact) mass is 347 g/mol. The van der Waals surface area contributed by atoms with E-state index in [1.165, 1.54) is 0 Å². The van der Waals surface area contributed by atoms with E-state index in [-0.39, 0.29) is 5.91 Å². The van der Waals surface area contributed by atoms with Gasteiger partial charge in [-0.1, -0.05) is 38.5 Å². The molecule has 2 rings (SSSR count). The van der Waals surface area contributed by atoms with Gasteiger partial charge >= 0.3 is 5.97 Å². The molecule has 1 heterocycles. The zero-order valence-electron chi connectivity index (χ0n) is 15.5. The van der Waals surface area contributed by atoms with E-state index >= 15 is 0 Å². The van der Waals surface area contributed by atoms with Crippen molar-refractivity contribution in [2.75, 3.05) is 13.1 Å². The molecule has 1 fully saturated rings. The van der Waals surface area contributed by atoms with Crippen LogP contribution in [0.2, 0.25) is 0 Å². The Bertz CT molecular complexity index is 581. The second-order valence-corrected chi connectivity index (χ2v) is 6.48. The number of nitrogens with zero attached hydrogens (tertiary/aromatic N) is 1. The summed E-state index contributed by atoms with van der Waals surface area (Å²) in [6.45, 7) is 7.11. The lowest BCUT2D eigenvalue weighted by Gasteiger charge is -2.23. The van der Waals surface area contributed by atoms with Crippen molar-refractivity contribution in [3.05, 3.63) is 29.8 Å². The number of amides is 1. The third kappa shape index (κ3) is 5.21. The van der Waals surface area contributed by atoms with Crippen LogP contribution in [0.1, 0.15) is 52.0 Å². The fourth-order valence-electron chi connectivity index (χ4n) is 3.04. The first kappa shape index (κ1) is 19.3. The number of para-hydroxylation sites is 1. The number of benzene rings is 1. The molecule has 0 unspecified atom stereocenters. The number of carbonyl (C=O) groups is 2. The molecule has 1 aliphatic heterocycles. The largest absolute Gasteiger partial charge is 0.478 e. The van der Waals surface area contributed by atoms with Gasteiger partial charge in [-0.05, 0) is 44.2 Å². The fourth-order valence-corrected chi connectivity index (χ4v) is 3.04. The summed E-state index contributed by atoms with van der Waals surface area (Å²) >= 11 is 0. The first-order valence-electron chi connectivity index (χ1n) is 9.30. The average molecular weight is 347 g/mol. The van der Waals surface area contributed by atoms with Gasteiger partial charge in [0.2, 0.25) is 0 Å². The summed E-state index contributed by atoms with van der Waals surface area (Å²) < 4.78 is 11.3. The molecule has 2 atom stereocenters. The fraction of sp³-hybridized carbons (Fsp3) is 0.600. The quantitative estimate of drug-likeness (QED) is 0.677. The Morgan fingerprint density at radius 2 is 1.84 bits per heavy atom. The van der Waals surface area contributed by atoms with Crippen LogP contribution >= 0.6 is 0 Å². The Kier molecular flexibility index (Phi) is 7.29. The number of carbonyl (C=O) groups excluding carboxylic acids is 2. The normalized spacial score (nSPS) is 16.4. The maximum Gasteiger partial charge on any atom is 0.348 e. The van der Waals surface area contributed by atoms with Crippen LogP contribution in [0.25, 0.3) is 0 Å². The third-order valence-corrected chi connectivity index (χ3v) is 4.45. The van der Waals surface area contributed by atoms with Crippen molar-refractivity contribution in [1.82, 2.24) is 4.90 Å².